The highest BCUT2D eigenvalue weighted by Crippen LogP contribution is 2.31. The van der Waals surface area contributed by atoms with Gasteiger partial charge in [-0.2, -0.15) is 0 Å². The molecule has 1 saturated heterocycles. The highest BCUT2D eigenvalue weighted by Gasteiger charge is 2.44. The minimum atomic E-state index is -0.902. The van der Waals surface area contributed by atoms with Crippen LogP contribution in [0.3, 0.4) is 0 Å². The minimum absolute atomic E-state index is 0.0187. The number of amides is 1. The van der Waals surface area contributed by atoms with Crippen LogP contribution in [0.15, 0.2) is 5.16 Å². The fraction of sp³-hybridized carbons (Fsp3) is 0.818. The lowest BCUT2D eigenvalue weighted by Gasteiger charge is -2.34. The fourth-order valence-electron chi connectivity index (χ4n) is 1.96. The zero-order valence-electron chi connectivity index (χ0n) is 10.2. The Morgan fingerprint density at radius 2 is 2.18 bits per heavy atom. The minimum Gasteiger partial charge on any atom is -0.409 e. The Bertz CT molecular complexity index is 286. The Balaban J connectivity index is 2.72. The number of nitrogens with one attached hydrogen (secondary N) is 1. The quantitative estimate of drug-likeness (QED) is 0.215. The molecular weight excluding hydrogens is 222 g/mol. The van der Waals surface area contributed by atoms with Crippen molar-refractivity contribution in [1.82, 2.24) is 5.32 Å². The maximum atomic E-state index is 12.2. The van der Waals surface area contributed by atoms with Crippen molar-refractivity contribution in [3.63, 3.8) is 0 Å². The summed E-state index contributed by atoms with van der Waals surface area (Å²) in [6.45, 7) is 3.59. The molecule has 0 aromatic carbocycles. The number of carbonyl (C=O) groups is 1. The second-order valence-corrected chi connectivity index (χ2v) is 4.29. The Labute approximate surface area is 101 Å². The molecule has 4 N–H and O–H groups in total. The van der Waals surface area contributed by atoms with E-state index in [1.165, 1.54) is 0 Å². The second kappa shape index (κ2) is 6.44. The average Bonchev–Trinajstić information content (AvgIpc) is 2.38. The van der Waals surface area contributed by atoms with E-state index in [0.717, 1.165) is 12.8 Å². The zero-order chi connectivity index (χ0) is 12.7. The molecule has 0 saturated carbocycles. The van der Waals surface area contributed by atoms with Gasteiger partial charge in [-0.3, -0.25) is 4.79 Å². The first-order valence-corrected chi connectivity index (χ1v) is 6.01. The summed E-state index contributed by atoms with van der Waals surface area (Å²) < 4.78 is 5.22. The molecule has 0 unspecified atom stereocenters. The highest BCUT2D eigenvalue weighted by atomic mass is 16.5. The van der Waals surface area contributed by atoms with E-state index in [1.807, 2.05) is 0 Å². The Kier molecular flexibility index (Phi) is 5.21. The summed E-state index contributed by atoms with van der Waals surface area (Å²) in [7, 11) is 0. The van der Waals surface area contributed by atoms with Crippen molar-refractivity contribution in [3.05, 3.63) is 0 Å². The number of amidine groups is 1. The lowest BCUT2D eigenvalue weighted by atomic mass is 9.78. The monoisotopic (exact) mass is 243 g/mol. The van der Waals surface area contributed by atoms with Gasteiger partial charge in [-0.25, -0.2) is 0 Å². The van der Waals surface area contributed by atoms with E-state index in [-0.39, 0.29) is 11.7 Å². The molecule has 0 radical (unpaired) electrons. The number of oxime groups is 1. The van der Waals surface area contributed by atoms with Crippen LogP contribution in [0.4, 0.5) is 0 Å². The molecule has 98 valence electrons. The molecule has 1 amide bonds. The average molecular weight is 243 g/mol. The number of nitrogens with zero attached hydrogens (tertiary/aromatic N) is 1. The Morgan fingerprint density at radius 1 is 1.53 bits per heavy atom. The van der Waals surface area contributed by atoms with Crippen molar-refractivity contribution in [2.45, 2.75) is 32.6 Å². The van der Waals surface area contributed by atoms with Crippen LogP contribution >= 0.6 is 0 Å². The molecule has 0 bridgehead atoms. The van der Waals surface area contributed by atoms with E-state index in [9.17, 15) is 4.79 Å². The fourth-order valence-corrected chi connectivity index (χ4v) is 1.96. The van der Waals surface area contributed by atoms with Gasteiger partial charge in [0.25, 0.3) is 0 Å². The standard InChI is InChI=1S/C11H21N3O3/c1-2-3-6-13-10(15)11(9(12)14-16)4-7-17-8-5-11/h16H,2-8H2,1H3,(H2,12,14)(H,13,15). The molecular formula is C11H21N3O3. The molecule has 0 aliphatic carbocycles. The van der Waals surface area contributed by atoms with Crippen LogP contribution in [0.25, 0.3) is 0 Å². The maximum Gasteiger partial charge on any atom is 0.234 e. The molecule has 6 nitrogen and oxygen atoms in total. The van der Waals surface area contributed by atoms with Crippen molar-refractivity contribution < 1.29 is 14.7 Å². The molecule has 1 heterocycles. The first-order chi connectivity index (χ1) is 8.17. The van der Waals surface area contributed by atoms with Crippen LogP contribution in [0.2, 0.25) is 0 Å². The number of hydrogen-bond acceptors (Lipinski definition) is 4. The first-order valence-electron chi connectivity index (χ1n) is 6.01. The zero-order valence-corrected chi connectivity index (χ0v) is 10.2. The van der Waals surface area contributed by atoms with Crippen LogP contribution in [0.5, 0.6) is 0 Å². The van der Waals surface area contributed by atoms with Gasteiger partial charge in [0.15, 0.2) is 5.84 Å². The molecule has 1 aliphatic rings. The second-order valence-electron chi connectivity index (χ2n) is 4.29. The van der Waals surface area contributed by atoms with Gasteiger partial charge in [0, 0.05) is 19.8 Å². The van der Waals surface area contributed by atoms with Gasteiger partial charge in [0.2, 0.25) is 5.91 Å². The van der Waals surface area contributed by atoms with E-state index in [2.05, 4.69) is 17.4 Å². The Morgan fingerprint density at radius 3 is 2.71 bits per heavy atom. The predicted octanol–water partition coefficient (Wildman–Crippen LogP) is 0.446. The number of nitrogens with two attached hydrogens (primary N) is 1. The van der Waals surface area contributed by atoms with E-state index in [1.54, 1.807) is 0 Å². The topological polar surface area (TPSA) is 96.9 Å². The van der Waals surface area contributed by atoms with Crippen LogP contribution < -0.4 is 11.1 Å². The van der Waals surface area contributed by atoms with Crippen molar-refractivity contribution in [2.24, 2.45) is 16.3 Å². The van der Waals surface area contributed by atoms with Gasteiger partial charge in [0.1, 0.15) is 5.41 Å². The first kappa shape index (κ1) is 13.8. The number of unbranched alkanes of at least 4 members (excludes halogenated alkanes) is 1. The predicted molar refractivity (Wildman–Crippen MR) is 63.8 cm³/mol. The van der Waals surface area contributed by atoms with Gasteiger partial charge in [0.05, 0.1) is 0 Å². The SMILES string of the molecule is CCCCNC(=O)C1(C(N)=NO)CCOCC1. The lowest BCUT2D eigenvalue weighted by Crippen LogP contribution is -2.52. The number of rotatable bonds is 5. The third-order valence-corrected chi connectivity index (χ3v) is 3.19. The molecule has 6 heteroatoms. The molecule has 0 spiro atoms. The van der Waals surface area contributed by atoms with E-state index in [0.29, 0.717) is 32.6 Å². The van der Waals surface area contributed by atoms with E-state index in [4.69, 9.17) is 15.7 Å². The van der Waals surface area contributed by atoms with Crippen LogP contribution in [0.1, 0.15) is 32.6 Å². The summed E-state index contributed by atoms with van der Waals surface area (Å²) in [5, 5.41) is 14.7. The molecule has 0 aromatic heterocycles. The third kappa shape index (κ3) is 3.09. The lowest BCUT2D eigenvalue weighted by molar-refractivity contribution is -0.131. The van der Waals surface area contributed by atoms with Gasteiger partial charge in [-0.1, -0.05) is 18.5 Å². The van der Waals surface area contributed by atoms with Crippen LogP contribution in [-0.4, -0.2) is 36.7 Å². The molecule has 1 fully saturated rings. The molecule has 17 heavy (non-hydrogen) atoms. The normalized spacial score (nSPS) is 19.9. The molecule has 1 aliphatic heterocycles. The van der Waals surface area contributed by atoms with Crippen LogP contribution in [0, 0.1) is 5.41 Å². The van der Waals surface area contributed by atoms with E-state index < -0.39 is 5.41 Å². The number of carbonyl (C=O) groups excluding carboxylic acids is 1. The van der Waals surface area contributed by atoms with Crippen molar-refractivity contribution in [2.75, 3.05) is 19.8 Å². The summed E-state index contributed by atoms with van der Waals surface area (Å²) in [5.41, 5.74) is 4.77. The summed E-state index contributed by atoms with van der Waals surface area (Å²) in [6.07, 6.45) is 2.86. The summed E-state index contributed by atoms with van der Waals surface area (Å²) in [6, 6.07) is 0. The van der Waals surface area contributed by atoms with Gasteiger partial charge >= 0.3 is 0 Å². The van der Waals surface area contributed by atoms with Gasteiger partial charge < -0.3 is 21.0 Å². The smallest absolute Gasteiger partial charge is 0.234 e. The maximum absolute atomic E-state index is 12.2. The Hall–Kier alpha value is -1.30. The van der Waals surface area contributed by atoms with Gasteiger partial charge in [-0.05, 0) is 19.3 Å². The molecule has 0 aromatic rings. The van der Waals surface area contributed by atoms with Crippen molar-refractivity contribution in [1.29, 1.82) is 0 Å². The summed E-state index contributed by atoms with van der Waals surface area (Å²) >= 11 is 0. The van der Waals surface area contributed by atoms with Crippen molar-refractivity contribution >= 4 is 11.7 Å². The van der Waals surface area contributed by atoms with Gasteiger partial charge in [-0.15, -0.1) is 0 Å². The van der Waals surface area contributed by atoms with Crippen LogP contribution in [-0.2, 0) is 9.53 Å². The largest absolute Gasteiger partial charge is 0.409 e. The number of ether oxygens (including phenoxy) is 1. The third-order valence-electron chi connectivity index (χ3n) is 3.19. The molecule has 0 atom stereocenters. The van der Waals surface area contributed by atoms with Crippen molar-refractivity contribution in [3.8, 4) is 0 Å². The van der Waals surface area contributed by atoms with E-state index >= 15 is 0 Å². The number of hydrogen-bond donors (Lipinski definition) is 3. The summed E-state index contributed by atoms with van der Waals surface area (Å²) in [5.74, 6) is -0.181. The summed E-state index contributed by atoms with van der Waals surface area (Å²) in [4.78, 5) is 12.2. The molecule has 1 rings (SSSR count). The highest BCUT2D eigenvalue weighted by molar-refractivity contribution is 6.06.